The van der Waals surface area contributed by atoms with Crippen LogP contribution in [0.2, 0.25) is 0 Å². The van der Waals surface area contributed by atoms with E-state index in [-0.39, 0.29) is 0 Å². The van der Waals surface area contributed by atoms with Crippen LogP contribution in [0.1, 0.15) is 13.8 Å². The summed E-state index contributed by atoms with van der Waals surface area (Å²) >= 11 is 0.480. The van der Waals surface area contributed by atoms with Gasteiger partial charge in [-0.1, -0.05) is 0 Å². The van der Waals surface area contributed by atoms with E-state index in [1.54, 1.807) is 0 Å². The van der Waals surface area contributed by atoms with Crippen LogP contribution in [0.5, 0.6) is 0 Å². The Morgan fingerprint density at radius 3 is 1.50 bits per heavy atom. The van der Waals surface area contributed by atoms with Crippen molar-refractivity contribution in [3.8, 4) is 0 Å². The van der Waals surface area contributed by atoms with Crippen molar-refractivity contribution in [2.24, 2.45) is 0 Å². The Kier molecular flexibility index (Phi) is 4.38. The highest BCUT2D eigenvalue weighted by atomic mass is 32.2. The zero-order valence-corrected chi connectivity index (χ0v) is 7.09. The third kappa shape index (κ3) is 2.58. The molecule has 0 rings (SSSR count). The van der Waals surface area contributed by atoms with Gasteiger partial charge in [0.1, 0.15) is 12.5 Å². The molecule has 0 saturated carbocycles. The van der Waals surface area contributed by atoms with Gasteiger partial charge < -0.3 is 0 Å². The molecule has 0 heterocycles. The van der Waals surface area contributed by atoms with Crippen molar-refractivity contribution in [1.29, 1.82) is 0 Å². The van der Waals surface area contributed by atoms with Crippen LogP contribution in [0, 0.1) is 0 Å². The highest BCUT2D eigenvalue weighted by molar-refractivity contribution is 7.93. The number of hydrogen-bond acceptors (Lipinski definition) is 1. The molecule has 0 aliphatic rings. The minimum atomic E-state index is 0.480. The van der Waals surface area contributed by atoms with Crippen molar-refractivity contribution in [2.75, 3.05) is 25.6 Å². The normalized spacial score (nSPS) is 11.2. The maximum absolute atomic E-state index is 2.44. The van der Waals surface area contributed by atoms with E-state index in [1.165, 1.54) is 13.1 Å². The van der Waals surface area contributed by atoms with E-state index in [2.05, 4.69) is 30.7 Å². The Balaban J connectivity index is 3.35. The van der Waals surface area contributed by atoms with Crippen LogP contribution in [0.15, 0.2) is 0 Å². The average molecular weight is 134 g/mol. The van der Waals surface area contributed by atoms with Gasteiger partial charge in [0.2, 0.25) is 0 Å². The highest BCUT2D eigenvalue weighted by Crippen LogP contribution is 1.94. The first kappa shape index (κ1) is 8.31. The Morgan fingerprint density at radius 1 is 1.12 bits per heavy atom. The van der Waals surface area contributed by atoms with Crippen molar-refractivity contribution >= 4 is 11.1 Å². The fraction of sp³-hybridized carbons (Fsp3) is 1.00. The zero-order chi connectivity index (χ0) is 6.57. The van der Waals surface area contributed by atoms with Crippen LogP contribution in [-0.2, 0) is 11.1 Å². The number of nitrogens with zero attached hydrogens (tertiary/aromatic N) is 1. The standard InChI is InChI=1S/C6H16NS/c1-5-7(6-2)8(3)4/h5-6H2,1-4H3/q+1. The van der Waals surface area contributed by atoms with Crippen LogP contribution in [-0.4, -0.2) is 29.9 Å². The predicted molar refractivity (Wildman–Crippen MR) is 42.1 cm³/mol. The lowest BCUT2D eigenvalue weighted by Crippen LogP contribution is -2.28. The first-order valence-electron chi connectivity index (χ1n) is 3.05. The fourth-order valence-corrected chi connectivity index (χ4v) is 1.77. The molecule has 0 fully saturated rings. The van der Waals surface area contributed by atoms with Crippen LogP contribution in [0.3, 0.4) is 0 Å². The summed E-state index contributed by atoms with van der Waals surface area (Å²) in [4.78, 5) is 0. The monoisotopic (exact) mass is 134 g/mol. The van der Waals surface area contributed by atoms with Gasteiger partial charge in [0.15, 0.2) is 0 Å². The summed E-state index contributed by atoms with van der Waals surface area (Å²) in [5, 5.41) is 0. The molecule has 0 unspecified atom stereocenters. The largest absolute Gasteiger partial charge is 0.127 e. The first-order chi connectivity index (χ1) is 3.72. The summed E-state index contributed by atoms with van der Waals surface area (Å²) in [6.07, 6.45) is 4.51. The topological polar surface area (TPSA) is 3.24 Å². The van der Waals surface area contributed by atoms with E-state index in [0.29, 0.717) is 11.1 Å². The third-order valence-corrected chi connectivity index (χ3v) is 2.77. The van der Waals surface area contributed by atoms with Crippen molar-refractivity contribution in [2.45, 2.75) is 13.8 Å². The van der Waals surface area contributed by atoms with Crippen LogP contribution in [0.25, 0.3) is 0 Å². The van der Waals surface area contributed by atoms with Gasteiger partial charge in [-0.25, -0.2) is 0 Å². The molecule has 0 radical (unpaired) electrons. The second-order valence-corrected chi connectivity index (χ2v) is 3.95. The van der Waals surface area contributed by atoms with E-state index < -0.39 is 0 Å². The van der Waals surface area contributed by atoms with Gasteiger partial charge >= 0.3 is 0 Å². The minimum Gasteiger partial charge on any atom is -0.127 e. The molecule has 0 aromatic rings. The molecule has 0 aromatic heterocycles. The van der Waals surface area contributed by atoms with E-state index in [9.17, 15) is 0 Å². The maximum Gasteiger partial charge on any atom is 0.117 e. The molecule has 0 bridgehead atoms. The number of hydrogen-bond donors (Lipinski definition) is 0. The SMILES string of the molecule is CCN(CC)[S+](C)C. The van der Waals surface area contributed by atoms with E-state index >= 15 is 0 Å². The van der Waals surface area contributed by atoms with E-state index in [1.807, 2.05) is 0 Å². The van der Waals surface area contributed by atoms with Gasteiger partial charge in [-0.05, 0) is 13.8 Å². The molecule has 1 nitrogen and oxygen atoms in total. The summed E-state index contributed by atoms with van der Waals surface area (Å²) in [6, 6.07) is 0. The lowest BCUT2D eigenvalue weighted by atomic mass is 10.7. The lowest BCUT2D eigenvalue weighted by molar-refractivity contribution is 0.518. The first-order valence-corrected chi connectivity index (χ1v) is 5.04. The van der Waals surface area contributed by atoms with Crippen molar-refractivity contribution in [3.05, 3.63) is 0 Å². The quantitative estimate of drug-likeness (QED) is 0.523. The number of rotatable bonds is 3. The van der Waals surface area contributed by atoms with Crippen LogP contribution in [0.4, 0.5) is 0 Å². The van der Waals surface area contributed by atoms with Gasteiger partial charge in [-0.3, -0.25) is 0 Å². The summed E-state index contributed by atoms with van der Waals surface area (Å²) in [5.41, 5.74) is 0. The molecule has 2 heteroatoms. The summed E-state index contributed by atoms with van der Waals surface area (Å²) in [6.45, 7) is 6.78. The molecular weight excluding hydrogens is 118 g/mol. The molecule has 0 spiro atoms. The molecule has 0 saturated heterocycles. The molecule has 0 aliphatic heterocycles. The lowest BCUT2D eigenvalue weighted by Gasteiger charge is -2.11. The second-order valence-electron chi connectivity index (χ2n) is 1.89. The van der Waals surface area contributed by atoms with Gasteiger partial charge in [-0.15, -0.1) is 4.31 Å². The smallest absolute Gasteiger partial charge is 0.117 e. The van der Waals surface area contributed by atoms with Gasteiger partial charge in [0, 0.05) is 13.1 Å². The van der Waals surface area contributed by atoms with E-state index in [4.69, 9.17) is 0 Å². The third-order valence-electron chi connectivity index (χ3n) is 1.22. The molecule has 0 amide bonds. The van der Waals surface area contributed by atoms with Crippen LogP contribution < -0.4 is 0 Å². The minimum absolute atomic E-state index is 0.480. The summed E-state index contributed by atoms with van der Waals surface area (Å²) in [5.74, 6) is 0. The summed E-state index contributed by atoms with van der Waals surface area (Å²) < 4.78 is 2.44. The summed E-state index contributed by atoms with van der Waals surface area (Å²) in [7, 11) is 0. The maximum atomic E-state index is 2.44. The Bertz CT molecular complexity index is 50.5. The Hall–Kier alpha value is 0.310. The molecular formula is C6H16NS+. The van der Waals surface area contributed by atoms with E-state index in [0.717, 1.165) is 0 Å². The Labute approximate surface area is 55.6 Å². The molecule has 0 aromatic carbocycles. The molecule has 0 atom stereocenters. The predicted octanol–water partition coefficient (Wildman–Crippen LogP) is 1.12. The van der Waals surface area contributed by atoms with Crippen LogP contribution >= 0.6 is 0 Å². The highest BCUT2D eigenvalue weighted by Gasteiger charge is 2.11. The van der Waals surface area contributed by atoms with Crippen molar-refractivity contribution < 1.29 is 0 Å². The van der Waals surface area contributed by atoms with Crippen molar-refractivity contribution in [1.82, 2.24) is 4.31 Å². The average Bonchev–Trinajstić information content (AvgIpc) is 1.69. The molecule has 0 N–H and O–H groups in total. The van der Waals surface area contributed by atoms with Gasteiger partial charge in [0.05, 0.1) is 11.1 Å². The molecule has 0 aliphatic carbocycles. The fourth-order valence-electron chi connectivity index (χ4n) is 0.740. The molecule has 8 heavy (non-hydrogen) atoms. The zero-order valence-electron chi connectivity index (χ0n) is 6.27. The van der Waals surface area contributed by atoms with Gasteiger partial charge in [0.25, 0.3) is 0 Å². The Morgan fingerprint density at radius 2 is 1.50 bits per heavy atom. The molecule has 50 valence electrons. The van der Waals surface area contributed by atoms with Crippen molar-refractivity contribution in [3.63, 3.8) is 0 Å². The van der Waals surface area contributed by atoms with Gasteiger partial charge in [-0.2, -0.15) is 0 Å². The second kappa shape index (κ2) is 4.21.